The largest absolute Gasteiger partial charge is 0.330 e. The molecule has 20 heavy (non-hydrogen) atoms. The molecule has 112 valence electrons. The Balaban J connectivity index is 2.02. The van der Waals surface area contributed by atoms with Crippen molar-refractivity contribution in [1.29, 1.82) is 0 Å². The lowest BCUT2D eigenvalue weighted by Crippen LogP contribution is -2.39. The van der Waals surface area contributed by atoms with E-state index >= 15 is 0 Å². The van der Waals surface area contributed by atoms with Gasteiger partial charge in [-0.2, -0.15) is 0 Å². The molecule has 4 heteroatoms. The van der Waals surface area contributed by atoms with Crippen molar-refractivity contribution in [3.05, 3.63) is 35.4 Å². The van der Waals surface area contributed by atoms with E-state index in [4.69, 9.17) is 5.73 Å². The number of alkyl halides is 2. The van der Waals surface area contributed by atoms with Crippen molar-refractivity contribution in [2.24, 2.45) is 11.7 Å². The van der Waals surface area contributed by atoms with Crippen LogP contribution in [0, 0.1) is 5.92 Å². The normalized spacial score (nSPS) is 22.9. The van der Waals surface area contributed by atoms with Crippen LogP contribution in [0.3, 0.4) is 0 Å². The van der Waals surface area contributed by atoms with Gasteiger partial charge in [-0.25, -0.2) is 8.78 Å². The molecule has 1 aliphatic rings. The zero-order valence-corrected chi connectivity index (χ0v) is 12.1. The van der Waals surface area contributed by atoms with Crippen LogP contribution in [0.15, 0.2) is 24.3 Å². The predicted octanol–water partition coefficient (Wildman–Crippen LogP) is 3.57. The van der Waals surface area contributed by atoms with E-state index in [1.807, 2.05) is 12.1 Å². The second-order valence-electron chi connectivity index (χ2n) is 5.60. The van der Waals surface area contributed by atoms with Crippen LogP contribution in [0.2, 0.25) is 0 Å². The first-order valence-corrected chi connectivity index (χ1v) is 7.46. The predicted molar refractivity (Wildman–Crippen MR) is 77.7 cm³/mol. The maximum atomic E-state index is 12.5. The smallest absolute Gasteiger partial charge is 0.263 e. The molecule has 1 aliphatic carbocycles. The Morgan fingerprint density at radius 3 is 2.50 bits per heavy atom. The highest BCUT2D eigenvalue weighted by Gasteiger charge is 2.30. The second kappa shape index (κ2) is 7.14. The quantitative estimate of drug-likeness (QED) is 0.864. The van der Waals surface area contributed by atoms with Crippen molar-refractivity contribution in [3.63, 3.8) is 0 Å². The molecule has 2 atom stereocenters. The Labute approximate surface area is 120 Å². The molecule has 0 aromatic heterocycles. The van der Waals surface area contributed by atoms with Crippen molar-refractivity contribution in [2.45, 2.75) is 45.2 Å². The van der Waals surface area contributed by atoms with Crippen LogP contribution in [-0.2, 0) is 6.54 Å². The summed E-state index contributed by atoms with van der Waals surface area (Å²) < 4.78 is 25.1. The van der Waals surface area contributed by atoms with E-state index in [1.54, 1.807) is 0 Å². The number of halogens is 2. The molecule has 0 aliphatic heterocycles. The van der Waals surface area contributed by atoms with Crippen molar-refractivity contribution < 1.29 is 8.78 Å². The Kier molecular flexibility index (Phi) is 5.49. The highest BCUT2D eigenvalue weighted by molar-refractivity contribution is 5.23. The summed E-state index contributed by atoms with van der Waals surface area (Å²) in [6.07, 6.45) is 1.27. The van der Waals surface area contributed by atoms with Gasteiger partial charge in [-0.3, -0.25) is 4.90 Å². The Morgan fingerprint density at radius 2 is 1.95 bits per heavy atom. The van der Waals surface area contributed by atoms with E-state index in [-0.39, 0.29) is 5.56 Å². The SMILES string of the molecule is CCN(Cc1ccc(C(F)F)cc1)C1CCCC1CN. The molecule has 0 amide bonds. The van der Waals surface area contributed by atoms with Gasteiger partial charge < -0.3 is 5.73 Å². The summed E-state index contributed by atoms with van der Waals surface area (Å²) in [6.45, 7) is 4.68. The topological polar surface area (TPSA) is 29.3 Å². The molecule has 0 saturated heterocycles. The van der Waals surface area contributed by atoms with Gasteiger partial charge in [-0.1, -0.05) is 37.6 Å². The monoisotopic (exact) mass is 282 g/mol. The number of nitrogens with zero attached hydrogens (tertiary/aromatic N) is 1. The number of hydrogen-bond donors (Lipinski definition) is 1. The van der Waals surface area contributed by atoms with Crippen molar-refractivity contribution in [2.75, 3.05) is 13.1 Å². The third-order valence-electron chi connectivity index (χ3n) is 4.41. The summed E-state index contributed by atoms with van der Waals surface area (Å²) in [6, 6.07) is 7.23. The summed E-state index contributed by atoms with van der Waals surface area (Å²) in [5.41, 5.74) is 7.04. The molecular formula is C16H24F2N2. The first-order valence-electron chi connectivity index (χ1n) is 7.46. The third-order valence-corrected chi connectivity index (χ3v) is 4.41. The molecule has 1 aromatic carbocycles. The van der Waals surface area contributed by atoms with Gasteiger partial charge in [0, 0.05) is 18.2 Å². The third kappa shape index (κ3) is 3.55. The average Bonchev–Trinajstić information content (AvgIpc) is 2.93. The zero-order chi connectivity index (χ0) is 14.5. The van der Waals surface area contributed by atoms with Crippen LogP contribution in [0.5, 0.6) is 0 Å². The van der Waals surface area contributed by atoms with E-state index in [9.17, 15) is 8.78 Å². The van der Waals surface area contributed by atoms with Gasteiger partial charge in [-0.15, -0.1) is 0 Å². The Bertz CT molecular complexity index is 405. The minimum Gasteiger partial charge on any atom is -0.330 e. The van der Waals surface area contributed by atoms with Gasteiger partial charge in [0.05, 0.1) is 0 Å². The summed E-state index contributed by atoms with van der Waals surface area (Å²) in [5.74, 6) is 0.579. The van der Waals surface area contributed by atoms with E-state index in [0.717, 1.165) is 25.2 Å². The summed E-state index contributed by atoms with van der Waals surface area (Å²) in [5, 5.41) is 0. The maximum absolute atomic E-state index is 12.5. The molecule has 2 unspecified atom stereocenters. The maximum Gasteiger partial charge on any atom is 0.263 e. The molecular weight excluding hydrogens is 258 g/mol. The van der Waals surface area contributed by atoms with Crippen molar-refractivity contribution in [1.82, 2.24) is 4.90 Å². The minimum absolute atomic E-state index is 0.0949. The first-order chi connectivity index (χ1) is 9.65. The molecule has 1 saturated carbocycles. The molecule has 0 heterocycles. The highest BCUT2D eigenvalue weighted by atomic mass is 19.3. The van der Waals surface area contributed by atoms with Gasteiger partial charge in [0.2, 0.25) is 0 Å². The van der Waals surface area contributed by atoms with Gasteiger partial charge in [0.25, 0.3) is 6.43 Å². The molecule has 1 aromatic rings. The van der Waals surface area contributed by atoms with Crippen LogP contribution in [-0.4, -0.2) is 24.0 Å². The van der Waals surface area contributed by atoms with E-state index in [1.165, 1.54) is 31.4 Å². The molecule has 2 rings (SSSR count). The van der Waals surface area contributed by atoms with Gasteiger partial charge in [0.15, 0.2) is 0 Å². The standard InChI is InChI=1S/C16H24F2N2/c1-2-20(15-5-3-4-14(15)10-19)11-12-6-8-13(9-7-12)16(17)18/h6-9,14-16H,2-5,10-11,19H2,1H3. The zero-order valence-electron chi connectivity index (χ0n) is 12.1. The van der Waals surface area contributed by atoms with Crippen molar-refractivity contribution >= 4 is 0 Å². The average molecular weight is 282 g/mol. The van der Waals surface area contributed by atoms with E-state index in [2.05, 4.69) is 11.8 Å². The molecule has 1 fully saturated rings. The minimum atomic E-state index is -2.39. The fourth-order valence-corrected chi connectivity index (χ4v) is 3.24. The van der Waals surface area contributed by atoms with Crippen LogP contribution in [0.4, 0.5) is 8.78 Å². The van der Waals surface area contributed by atoms with E-state index in [0.29, 0.717) is 12.0 Å². The summed E-state index contributed by atoms with van der Waals surface area (Å²) in [7, 11) is 0. The summed E-state index contributed by atoms with van der Waals surface area (Å²) in [4.78, 5) is 2.43. The molecule has 0 spiro atoms. The highest BCUT2D eigenvalue weighted by Crippen LogP contribution is 2.30. The number of benzene rings is 1. The fourth-order valence-electron chi connectivity index (χ4n) is 3.24. The second-order valence-corrected chi connectivity index (χ2v) is 5.60. The lowest BCUT2D eigenvalue weighted by molar-refractivity contribution is 0.151. The van der Waals surface area contributed by atoms with Crippen LogP contribution < -0.4 is 5.73 Å². The lowest BCUT2D eigenvalue weighted by atomic mass is 10.0. The van der Waals surface area contributed by atoms with Gasteiger partial charge in [-0.05, 0) is 37.4 Å². The number of rotatable bonds is 6. The molecule has 0 bridgehead atoms. The molecule has 2 N–H and O–H groups in total. The Hall–Kier alpha value is -1.00. The number of nitrogens with two attached hydrogens (primary N) is 1. The lowest BCUT2D eigenvalue weighted by Gasteiger charge is -2.31. The van der Waals surface area contributed by atoms with E-state index < -0.39 is 6.43 Å². The molecule has 0 radical (unpaired) electrons. The summed E-state index contributed by atoms with van der Waals surface area (Å²) >= 11 is 0. The number of hydrogen-bond acceptors (Lipinski definition) is 2. The molecule has 2 nitrogen and oxygen atoms in total. The first kappa shape index (κ1) is 15.4. The van der Waals surface area contributed by atoms with Crippen LogP contribution in [0.1, 0.15) is 43.7 Å². The van der Waals surface area contributed by atoms with Crippen molar-refractivity contribution in [3.8, 4) is 0 Å². The fraction of sp³-hybridized carbons (Fsp3) is 0.625. The van der Waals surface area contributed by atoms with Crippen LogP contribution in [0.25, 0.3) is 0 Å². The Morgan fingerprint density at radius 1 is 1.25 bits per heavy atom. The van der Waals surface area contributed by atoms with Gasteiger partial charge in [0.1, 0.15) is 0 Å². The van der Waals surface area contributed by atoms with Gasteiger partial charge >= 0.3 is 0 Å². The van der Waals surface area contributed by atoms with Crippen LogP contribution >= 0.6 is 0 Å².